The molecule has 1 aromatic carbocycles. The van der Waals surface area contributed by atoms with Gasteiger partial charge in [0.15, 0.2) is 5.88 Å². The van der Waals surface area contributed by atoms with Gasteiger partial charge in [-0.1, -0.05) is 11.6 Å². The lowest BCUT2D eigenvalue weighted by molar-refractivity contribution is 0.460. The Balaban J connectivity index is 2.13. The van der Waals surface area contributed by atoms with E-state index in [2.05, 4.69) is 20.1 Å². The highest BCUT2D eigenvalue weighted by atomic mass is 35.5. The normalized spacial score (nSPS) is 11.3. The first kappa shape index (κ1) is 12.8. The molecule has 22 heavy (non-hydrogen) atoms. The van der Waals surface area contributed by atoms with Crippen LogP contribution in [0.4, 0.5) is 5.69 Å². The number of pyridine rings is 1. The molecule has 0 unspecified atom stereocenters. The molecule has 0 aliphatic carbocycles. The van der Waals surface area contributed by atoms with Gasteiger partial charge in [0.25, 0.3) is 0 Å². The topological polar surface area (TPSA) is 94.1 Å². The first-order valence-electron chi connectivity index (χ1n) is 6.49. The summed E-state index contributed by atoms with van der Waals surface area (Å²) in [5, 5.41) is 15.2. The van der Waals surface area contributed by atoms with Crippen molar-refractivity contribution in [1.29, 1.82) is 0 Å². The number of nitrogens with zero attached hydrogens (tertiary/aromatic N) is 2. The molecule has 3 heterocycles. The summed E-state index contributed by atoms with van der Waals surface area (Å²) in [4.78, 5) is 21.4. The minimum absolute atomic E-state index is 0.0614. The molecule has 0 atom stereocenters. The van der Waals surface area contributed by atoms with Crippen LogP contribution >= 0.6 is 11.6 Å². The molecule has 0 fully saturated rings. The second-order valence-electron chi connectivity index (χ2n) is 4.88. The lowest BCUT2D eigenvalue weighted by Gasteiger charge is -1.99. The van der Waals surface area contributed by atoms with E-state index in [0.717, 1.165) is 0 Å². The van der Waals surface area contributed by atoms with Crippen LogP contribution in [0.1, 0.15) is 0 Å². The predicted octanol–water partition coefficient (Wildman–Crippen LogP) is 4.47. The van der Waals surface area contributed by atoms with E-state index in [1.165, 1.54) is 0 Å². The highest BCUT2D eigenvalue weighted by Crippen LogP contribution is 2.44. The van der Waals surface area contributed by atoms with E-state index in [1.807, 2.05) is 0 Å². The Kier molecular flexibility index (Phi) is 2.67. The smallest absolute Gasteiger partial charge is 0.199 e. The fourth-order valence-corrected chi connectivity index (χ4v) is 2.86. The van der Waals surface area contributed by atoms with Gasteiger partial charge < -0.3 is 15.1 Å². The third kappa shape index (κ3) is 1.71. The summed E-state index contributed by atoms with van der Waals surface area (Å²) >= 11 is 6.04. The Morgan fingerprint density at radius 1 is 1.18 bits per heavy atom. The number of rotatable bonds is 2. The molecular formula is C15H9ClN4O2. The van der Waals surface area contributed by atoms with E-state index in [4.69, 9.17) is 11.6 Å². The average Bonchev–Trinajstić information content (AvgIpc) is 3.03. The number of nitroso groups, excluding NO2 is 1. The maximum absolute atomic E-state index is 11.3. The molecule has 6 nitrogen and oxygen atoms in total. The zero-order chi connectivity index (χ0) is 15.3. The van der Waals surface area contributed by atoms with Crippen LogP contribution in [0.2, 0.25) is 5.02 Å². The summed E-state index contributed by atoms with van der Waals surface area (Å²) in [6.45, 7) is 0. The third-order valence-corrected chi connectivity index (χ3v) is 3.86. The third-order valence-electron chi connectivity index (χ3n) is 3.63. The molecule has 0 amide bonds. The fourth-order valence-electron chi connectivity index (χ4n) is 2.69. The van der Waals surface area contributed by atoms with Gasteiger partial charge >= 0.3 is 0 Å². The van der Waals surface area contributed by atoms with Gasteiger partial charge in [0.1, 0.15) is 11.3 Å². The molecule has 0 saturated carbocycles. The zero-order valence-electron chi connectivity index (χ0n) is 11.1. The number of halogens is 1. The van der Waals surface area contributed by atoms with E-state index in [-0.39, 0.29) is 11.6 Å². The van der Waals surface area contributed by atoms with Crippen LogP contribution in [-0.2, 0) is 0 Å². The molecule has 0 bridgehead atoms. The first-order chi connectivity index (χ1) is 10.7. The molecule has 0 aliphatic rings. The highest BCUT2D eigenvalue weighted by Gasteiger charge is 2.21. The number of hydrogen-bond donors (Lipinski definition) is 3. The SMILES string of the molecule is O=Nc1c(-c2c(O)[nH]c3ccc(Cl)cc23)[nH]c2ncccc12. The predicted molar refractivity (Wildman–Crippen MR) is 85.5 cm³/mol. The van der Waals surface area contributed by atoms with Crippen LogP contribution < -0.4 is 0 Å². The van der Waals surface area contributed by atoms with Crippen LogP contribution in [0.25, 0.3) is 33.2 Å². The van der Waals surface area contributed by atoms with Crippen molar-refractivity contribution in [2.24, 2.45) is 5.18 Å². The Bertz CT molecular complexity index is 1030. The summed E-state index contributed by atoms with van der Waals surface area (Å²) in [6, 6.07) is 8.67. The molecular weight excluding hydrogens is 304 g/mol. The molecule has 0 radical (unpaired) electrons. The largest absolute Gasteiger partial charge is 0.494 e. The van der Waals surface area contributed by atoms with Crippen LogP contribution in [-0.4, -0.2) is 20.1 Å². The van der Waals surface area contributed by atoms with Gasteiger partial charge in [-0.2, -0.15) is 0 Å². The molecule has 3 aromatic heterocycles. The second kappa shape index (κ2) is 4.57. The van der Waals surface area contributed by atoms with Crippen molar-refractivity contribution in [1.82, 2.24) is 15.0 Å². The maximum Gasteiger partial charge on any atom is 0.199 e. The Morgan fingerprint density at radius 2 is 2.05 bits per heavy atom. The van der Waals surface area contributed by atoms with Crippen LogP contribution in [0.15, 0.2) is 41.7 Å². The summed E-state index contributed by atoms with van der Waals surface area (Å²) in [6.07, 6.45) is 1.61. The molecule has 108 valence electrons. The molecule has 0 aliphatic heterocycles. The maximum atomic E-state index is 11.3. The summed E-state index contributed by atoms with van der Waals surface area (Å²) < 4.78 is 0. The van der Waals surface area contributed by atoms with E-state index in [9.17, 15) is 10.0 Å². The van der Waals surface area contributed by atoms with Gasteiger partial charge in [-0.3, -0.25) is 0 Å². The molecule has 4 rings (SSSR count). The Morgan fingerprint density at radius 3 is 2.86 bits per heavy atom. The van der Waals surface area contributed by atoms with Crippen molar-refractivity contribution in [2.75, 3.05) is 0 Å². The molecule has 4 aromatic rings. The lowest BCUT2D eigenvalue weighted by Crippen LogP contribution is -1.78. The number of fused-ring (bicyclic) bond motifs is 2. The molecule has 0 spiro atoms. The van der Waals surface area contributed by atoms with Crippen molar-refractivity contribution in [3.8, 4) is 17.1 Å². The van der Waals surface area contributed by atoms with Gasteiger partial charge in [0, 0.05) is 27.5 Å². The van der Waals surface area contributed by atoms with Gasteiger partial charge in [-0.05, 0) is 35.5 Å². The van der Waals surface area contributed by atoms with E-state index in [1.54, 1.807) is 36.5 Å². The van der Waals surface area contributed by atoms with Gasteiger partial charge in [-0.15, -0.1) is 4.91 Å². The van der Waals surface area contributed by atoms with Gasteiger partial charge in [0.2, 0.25) is 0 Å². The summed E-state index contributed by atoms with van der Waals surface area (Å²) in [5.74, 6) is -0.0614. The van der Waals surface area contributed by atoms with Gasteiger partial charge in [0.05, 0.1) is 11.3 Å². The second-order valence-corrected chi connectivity index (χ2v) is 5.31. The standard InChI is InChI=1S/C15H9ClN4O2/c16-7-3-4-10-9(6-7)11(15(21)18-10)13-12(20-22)8-2-1-5-17-14(8)19-13/h1-6,18,21H,(H,17,19). The molecule has 0 saturated heterocycles. The monoisotopic (exact) mass is 312 g/mol. The Hall–Kier alpha value is -2.86. The van der Waals surface area contributed by atoms with Crippen LogP contribution in [0.3, 0.4) is 0 Å². The van der Waals surface area contributed by atoms with Gasteiger partial charge in [-0.25, -0.2) is 4.98 Å². The number of H-pyrrole nitrogens is 2. The van der Waals surface area contributed by atoms with Crippen molar-refractivity contribution in [3.63, 3.8) is 0 Å². The zero-order valence-corrected chi connectivity index (χ0v) is 11.8. The number of aromatic nitrogens is 3. The summed E-state index contributed by atoms with van der Waals surface area (Å²) in [5.41, 5.74) is 2.31. The molecule has 7 heteroatoms. The molecule has 3 N–H and O–H groups in total. The number of hydrogen-bond acceptors (Lipinski definition) is 4. The average molecular weight is 313 g/mol. The Labute approximate surface area is 128 Å². The number of nitrogens with one attached hydrogen (secondary N) is 2. The first-order valence-corrected chi connectivity index (χ1v) is 6.87. The van der Waals surface area contributed by atoms with Crippen molar-refractivity contribution in [3.05, 3.63) is 46.5 Å². The van der Waals surface area contributed by atoms with Crippen molar-refractivity contribution >= 4 is 39.2 Å². The van der Waals surface area contributed by atoms with E-state index in [0.29, 0.717) is 38.2 Å². The van der Waals surface area contributed by atoms with Crippen molar-refractivity contribution < 1.29 is 5.11 Å². The van der Waals surface area contributed by atoms with Crippen molar-refractivity contribution in [2.45, 2.75) is 0 Å². The van der Waals surface area contributed by atoms with E-state index < -0.39 is 0 Å². The van der Waals surface area contributed by atoms with Crippen LogP contribution in [0.5, 0.6) is 5.88 Å². The van der Waals surface area contributed by atoms with E-state index >= 15 is 0 Å². The number of benzene rings is 1. The quantitative estimate of drug-likeness (QED) is 0.477. The fraction of sp³-hybridized carbons (Fsp3) is 0. The summed E-state index contributed by atoms with van der Waals surface area (Å²) in [7, 11) is 0. The minimum Gasteiger partial charge on any atom is -0.494 e. The minimum atomic E-state index is -0.0614. The van der Waals surface area contributed by atoms with Crippen LogP contribution in [0, 0.1) is 4.91 Å². The number of aromatic amines is 2. The lowest BCUT2D eigenvalue weighted by atomic mass is 10.1. The number of aromatic hydroxyl groups is 1. The highest BCUT2D eigenvalue weighted by molar-refractivity contribution is 6.31.